The quantitative estimate of drug-likeness (QED) is 0.344. The van der Waals surface area contributed by atoms with Gasteiger partial charge in [-0.3, -0.25) is 5.21 Å². The molecule has 1 aliphatic rings. The average Bonchev–Trinajstić information content (AvgIpc) is 1.58. The predicted octanol–water partition coefficient (Wildman–Crippen LogP) is 0.728. The van der Waals surface area contributed by atoms with E-state index in [1.165, 1.54) is 25.6 Å². The molecule has 4 heteroatoms. The van der Waals surface area contributed by atoms with Crippen molar-refractivity contribution in [1.29, 1.82) is 0 Å². The summed E-state index contributed by atoms with van der Waals surface area (Å²) in [5.74, 6) is 0. The normalized spacial score (nSPS) is 15.1. The van der Waals surface area contributed by atoms with Crippen molar-refractivity contribution >= 4 is 0 Å². The molecule has 0 aliphatic carbocycles. The molecule has 0 radical (unpaired) electrons. The zero-order valence-corrected chi connectivity index (χ0v) is 5.89. The van der Waals surface area contributed by atoms with Crippen LogP contribution in [-0.2, 0) is 0 Å². The van der Waals surface area contributed by atoms with Crippen molar-refractivity contribution in [3.05, 3.63) is 12.7 Å². The Morgan fingerprint density at radius 1 is 1.70 bits per heavy atom. The fourth-order valence-corrected chi connectivity index (χ4v) is 0.283. The minimum absolute atomic E-state index is 0.139. The van der Waals surface area contributed by atoms with E-state index in [-0.39, 0.29) is 6.54 Å². The summed E-state index contributed by atoms with van der Waals surface area (Å²) < 4.78 is 11.0. The van der Waals surface area contributed by atoms with Crippen LogP contribution in [0.5, 0.6) is 0 Å². The summed E-state index contributed by atoms with van der Waals surface area (Å²) in [7, 11) is 0. The molecule has 0 spiro atoms. The Balaban J connectivity index is 0.000000172. The van der Waals surface area contributed by atoms with Gasteiger partial charge in [-0.2, -0.15) is 0 Å². The van der Waals surface area contributed by atoms with Gasteiger partial charge in [0, 0.05) is 0 Å². The van der Waals surface area contributed by atoms with E-state index in [0.29, 0.717) is 0 Å². The molecule has 1 saturated heterocycles. The Morgan fingerprint density at radius 2 is 2.10 bits per heavy atom. The van der Waals surface area contributed by atoms with Crippen molar-refractivity contribution in [2.75, 3.05) is 19.6 Å². The number of hydrogen-bond donors (Lipinski definition) is 2. The van der Waals surface area contributed by atoms with Crippen LogP contribution in [0.15, 0.2) is 12.7 Å². The van der Waals surface area contributed by atoms with Gasteiger partial charge in [-0.25, -0.2) is 0 Å². The first-order valence-electron chi connectivity index (χ1n) is 3.21. The molecule has 0 saturated carbocycles. The summed E-state index contributed by atoms with van der Waals surface area (Å²) in [6.07, 6.45) is 2.64. The van der Waals surface area contributed by atoms with Gasteiger partial charge >= 0.3 is 0 Å². The summed E-state index contributed by atoms with van der Waals surface area (Å²) in [6, 6.07) is 0. The maximum atomic E-state index is 11.0. The van der Waals surface area contributed by atoms with Gasteiger partial charge in [0.25, 0.3) is 0 Å². The van der Waals surface area contributed by atoms with E-state index in [2.05, 4.69) is 11.9 Å². The molecular weight excluding hydrogens is 135 g/mol. The topological polar surface area (TPSA) is 35.5 Å². The number of rotatable bonds is 2. The summed E-state index contributed by atoms with van der Waals surface area (Å²) in [5.41, 5.74) is 0. The Hall–Kier alpha value is -0.450. The predicted molar refractivity (Wildman–Crippen MR) is 37.3 cm³/mol. The van der Waals surface area contributed by atoms with Crippen LogP contribution in [0.4, 0.5) is 4.48 Å². The largest absolute Gasteiger partial charge is 0.317 e. The molecule has 0 unspecified atom stereocenters. The van der Waals surface area contributed by atoms with Crippen LogP contribution in [0.3, 0.4) is 0 Å². The highest BCUT2D eigenvalue weighted by molar-refractivity contribution is 4.65. The third-order valence-electron chi connectivity index (χ3n) is 0.987. The fraction of sp³-hybridized carbons (Fsp3) is 0.667. The summed E-state index contributed by atoms with van der Waals surface area (Å²) in [4.78, 5) is 0. The Bertz CT molecular complexity index is 79.8. The first-order chi connectivity index (χ1) is 4.77. The summed E-state index contributed by atoms with van der Waals surface area (Å²) in [5, 5.41) is 10.3. The maximum absolute atomic E-state index is 11.0. The van der Waals surface area contributed by atoms with Crippen LogP contribution in [-0.4, -0.2) is 30.1 Å². The SMILES string of the molecule is C1CNC1.C=CCN(O)F. The van der Waals surface area contributed by atoms with E-state index < -0.39 is 5.29 Å². The van der Waals surface area contributed by atoms with Crippen molar-refractivity contribution in [3.63, 3.8) is 0 Å². The van der Waals surface area contributed by atoms with Gasteiger partial charge in [0.15, 0.2) is 0 Å². The molecule has 0 atom stereocenters. The number of nitrogens with one attached hydrogen (secondary N) is 1. The van der Waals surface area contributed by atoms with Crippen LogP contribution < -0.4 is 5.32 Å². The number of hydrogen-bond acceptors (Lipinski definition) is 3. The fourth-order valence-electron chi connectivity index (χ4n) is 0.283. The molecule has 1 fully saturated rings. The Kier molecular flexibility index (Phi) is 6.37. The molecule has 0 bridgehead atoms. The molecule has 1 rings (SSSR count). The van der Waals surface area contributed by atoms with Gasteiger partial charge < -0.3 is 5.32 Å². The monoisotopic (exact) mass is 148 g/mol. The standard InChI is InChI=1S/C3H6FNO.C3H7N/c1-2-3-5(4)6;1-2-4-3-1/h2,6H,1,3H2;4H,1-3H2. The third kappa shape index (κ3) is 7.55. The lowest BCUT2D eigenvalue weighted by atomic mass is 10.3. The molecule has 1 heterocycles. The van der Waals surface area contributed by atoms with Crippen LogP contribution in [0.2, 0.25) is 0 Å². The van der Waals surface area contributed by atoms with Crippen molar-refractivity contribution in [3.8, 4) is 0 Å². The molecule has 0 aromatic rings. The molecule has 1 aliphatic heterocycles. The molecule has 60 valence electrons. The van der Waals surface area contributed by atoms with Crippen LogP contribution in [0, 0.1) is 0 Å². The average molecular weight is 148 g/mol. The smallest absolute Gasteiger partial charge is 0.0745 e. The van der Waals surface area contributed by atoms with Gasteiger partial charge in [0.2, 0.25) is 0 Å². The first kappa shape index (κ1) is 9.55. The molecule has 0 amide bonds. The van der Waals surface area contributed by atoms with Crippen LogP contribution in [0.25, 0.3) is 0 Å². The van der Waals surface area contributed by atoms with E-state index in [1.807, 2.05) is 0 Å². The minimum Gasteiger partial charge on any atom is -0.317 e. The highest BCUT2D eigenvalue weighted by Gasteiger charge is 1.92. The van der Waals surface area contributed by atoms with E-state index in [1.54, 1.807) is 0 Å². The lowest BCUT2D eigenvalue weighted by molar-refractivity contribution is -0.228. The van der Waals surface area contributed by atoms with Crippen molar-refractivity contribution in [1.82, 2.24) is 10.6 Å². The van der Waals surface area contributed by atoms with E-state index in [0.717, 1.165) is 0 Å². The van der Waals surface area contributed by atoms with E-state index in [9.17, 15) is 4.48 Å². The van der Waals surface area contributed by atoms with Crippen LogP contribution in [0.1, 0.15) is 6.42 Å². The lowest BCUT2D eigenvalue weighted by Gasteiger charge is -2.09. The highest BCUT2D eigenvalue weighted by Crippen LogP contribution is 1.80. The number of halogens is 1. The molecular formula is C6H13FN2O. The molecule has 10 heavy (non-hydrogen) atoms. The summed E-state index contributed by atoms with van der Waals surface area (Å²) in [6.45, 7) is 5.52. The van der Waals surface area contributed by atoms with E-state index in [4.69, 9.17) is 5.21 Å². The molecule has 3 nitrogen and oxygen atoms in total. The molecule has 2 N–H and O–H groups in total. The van der Waals surface area contributed by atoms with Crippen molar-refractivity contribution < 1.29 is 9.69 Å². The lowest BCUT2D eigenvalue weighted by Crippen LogP contribution is -2.29. The second-order valence-corrected chi connectivity index (χ2v) is 1.91. The Morgan fingerprint density at radius 3 is 2.10 bits per heavy atom. The number of hydroxylamine groups is 1. The van der Waals surface area contributed by atoms with Gasteiger partial charge in [-0.15, -0.1) is 11.1 Å². The van der Waals surface area contributed by atoms with Gasteiger partial charge in [-0.1, -0.05) is 6.08 Å². The number of nitrogens with zero attached hydrogens (tertiary/aromatic N) is 1. The maximum Gasteiger partial charge on any atom is 0.0745 e. The highest BCUT2D eigenvalue weighted by atomic mass is 19.2. The molecule has 0 aromatic heterocycles. The van der Waals surface area contributed by atoms with Crippen molar-refractivity contribution in [2.45, 2.75) is 6.42 Å². The van der Waals surface area contributed by atoms with E-state index >= 15 is 0 Å². The second-order valence-electron chi connectivity index (χ2n) is 1.91. The Labute approximate surface area is 60.0 Å². The van der Waals surface area contributed by atoms with Gasteiger partial charge in [-0.05, 0) is 24.8 Å². The van der Waals surface area contributed by atoms with Crippen molar-refractivity contribution in [2.24, 2.45) is 0 Å². The minimum atomic E-state index is -0.438. The van der Waals surface area contributed by atoms with Gasteiger partial charge in [0.1, 0.15) is 0 Å². The zero-order valence-electron chi connectivity index (χ0n) is 5.89. The third-order valence-corrected chi connectivity index (χ3v) is 0.987. The summed E-state index contributed by atoms with van der Waals surface area (Å²) >= 11 is 0. The van der Waals surface area contributed by atoms with Crippen LogP contribution >= 0.6 is 0 Å². The van der Waals surface area contributed by atoms with Gasteiger partial charge in [0.05, 0.1) is 6.54 Å². The molecule has 0 aromatic carbocycles. The first-order valence-corrected chi connectivity index (χ1v) is 3.21. The second kappa shape index (κ2) is 6.67. The zero-order chi connectivity index (χ0) is 7.82.